The van der Waals surface area contributed by atoms with Crippen molar-refractivity contribution in [3.8, 4) is 0 Å². The number of phosphoric ester groups is 2. The number of aliphatic hydroxyl groups is 1. The van der Waals surface area contributed by atoms with Crippen LogP contribution in [0.1, 0.15) is 415 Å². The first-order chi connectivity index (χ1) is 48.1. The van der Waals surface area contributed by atoms with E-state index < -0.39 is 97.5 Å². The number of carbonyl (C=O) groups excluding carboxylic acids is 4. The Bertz CT molecular complexity index is 1960. The second kappa shape index (κ2) is 70.1. The molecule has 0 spiro atoms. The van der Waals surface area contributed by atoms with Crippen molar-refractivity contribution >= 4 is 39.5 Å². The van der Waals surface area contributed by atoms with Gasteiger partial charge in [-0.25, -0.2) is 9.13 Å². The highest BCUT2D eigenvalue weighted by atomic mass is 31.2. The van der Waals surface area contributed by atoms with Gasteiger partial charge in [-0.05, 0) is 49.4 Å². The highest BCUT2D eigenvalue weighted by Crippen LogP contribution is 2.45. The van der Waals surface area contributed by atoms with Gasteiger partial charge in [-0.2, -0.15) is 0 Å². The van der Waals surface area contributed by atoms with Crippen LogP contribution in [0, 0.1) is 23.7 Å². The minimum Gasteiger partial charge on any atom is -0.462 e. The maximum Gasteiger partial charge on any atom is 0.472 e. The summed E-state index contributed by atoms with van der Waals surface area (Å²) in [5, 5.41) is 10.6. The zero-order valence-electron chi connectivity index (χ0n) is 65.8. The molecule has 0 bridgehead atoms. The molecular weight excluding hydrogens is 1310 g/mol. The topological polar surface area (TPSA) is 237 Å². The van der Waals surface area contributed by atoms with E-state index in [9.17, 15) is 43.2 Å². The van der Waals surface area contributed by atoms with Crippen LogP contribution in [-0.2, 0) is 65.4 Å². The SMILES string of the molecule is CCC(C)CCCCCCCCCCCCC(=O)OC[C@H](COP(=O)(O)OCC(O)COP(=O)(O)OC[C@@H](COC(=O)CCCCCCCCCCC(C)C)OC(=O)CCCCCCCCCCCCCC(C)C)OC(=O)CCCCCCCCCCCCCCCCCCCCC(C)C. The number of esters is 4. The molecule has 0 aliphatic carbocycles. The van der Waals surface area contributed by atoms with Crippen LogP contribution in [0.5, 0.6) is 0 Å². The van der Waals surface area contributed by atoms with Gasteiger partial charge in [-0.3, -0.25) is 37.3 Å². The Morgan fingerprint density at radius 1 is 0.280 bits per heavy atom. The zero-order chi connectivity index (χ0) is 73.8. The van der Waals surface area contributed by atoms with E-state index in [0.717, 1.165) is 114 Å². The molecule has 19 heteroatoms. The molecule has 0 saturated heterocycles. The Morgan fingerprint density at radius 2 is 0.480 bits per heavy atom. The molecule has 0 aromatic heterocycles. The van der Waals surface area contributed by atoms with Crippen LogP contribution in [0.3, 0.4) is 0 Å². The summed E-state index contributed by atoms with van der Waals surface area (Å²) in [5.74, 6) is 1.01. The number of hydrogen-bond donors (Lipinski definition) is 3. The molecule has 0 heterocycles. The van der Waals surface area contributed by atoms with Crippen LogP contribution in [0.25, 0.3) is 0 Å². The van der Waals surface area contributed by atoms with Crippen LogP contribution < -0.4 is 0 Å². The molecule has 0 aromatic rings. The average Bonchev–Trinajstić information content (AvgIpc) is 0.914. The molecule has 100 heavy (non-hydrogen) atoms. The number of rotatable bonds is 78. The lowest BCUT2D eigenvalue weighted by Gasteiger charge is -2.21. The standard InChI is InChI=1S/C81H158O17P2/c1-9-74(8)60-52-44-36-27-23-24-28-37-45-53-61-78(83)91-67-76(97-80(85)63-55-47-39-29-21-17-15-13-11-10-12-14-16-19-25-33-41-49-57-71(2)3)69-95-99(87,88)93-65-75(82)66-94-100(89,90)96-70-77(68-92-79(84)62-54-46-38-32-31-35-43-51-59-73(6)7)98-81(86)64-56-48-40-30-22-18-20-26-34-42-50-58-72(4)5/h71-77,82H,9-70H2,1-8H3,(H,87,88)(H,89,90)/t74?,75?,76-,77-/m1/s1. The number of phosphoric acid groups is 2. The number of hydrogen-bond acceptors (Lipinski definition) is 15. The fourth-order valence-electron chi connectivity index (χ4n) is 12.4. The highest BCUT2D eigenvalue weighted by Gasteiger charge is 2.30. The lowest BCUT2D eigenvalue weighted by atomic mass is 9.99. The van der Waals surface area contributed by atoms with Gasteiger partial charge < -0.3 is 33.8 Å². The molecule has 0 aliphatic heterocycles. The maximum absolute atomic E-state index is 13.1. The maximum atomic E-state index is 13.1. The van der Waals surface area contributed by atoms with E-state index in [1.165, 1.54) is 218 Å². The Kier molecular flexibility index (Phi) is 68.7. The zero-order valence-corrected chi connectivity index (χ0v) is 67.6. The minimum atomic E-state index is -4.96. The fraction of sp³-hybridized carbons (Fsp3) is 0.951. The van der Waals surface area contributed by atoms with Crippen molar-refractivity contribution in [2.45, 2.75) is 433 Å². The van der Waals surface area contributed by atoms with Crippen LogP contribution in [-0.4, -0.2) is 96.7 Å². The van der Waals surface area contributed by atoms with Gasteiger partial charge >= 0.3 is 39.5 Å². The summed E-state index contributed by atoms with van der Waals surface area (Å²) in [6.07, 6.45) is 56.9. The van der Waals surface area contributed by atoms with Crippen molar-refractivity contribution in [2.24, 2.45) is 23.7 Å². The van der Waals surface area contributed by atoms with E-state index >= 15 is 0 Å². The molecule has 6 atom stereocenters. The first-order valence-corrected chi connectivity index (χ1v) is 44.7. The summed E-state index contributed by atoms with van der Waals surface area (Å²) in [5.41, 5.74) is 0. The highest BCUT2D eigenvalue weighted by molar-refractivity contribution is 7.47. The summed E-state index contributed by atoms with van der Waals surface area (Å²) in [7, 11) is -9.92. The second-order valence-electron chi connectivity index (χ2n) is 30.8. The van der Waals surface area contributed by atoms with E-state index in [4.69, 9.17) is 37.0 Å². The van der Waals surface area contributed by atoms with Crippen LogP contribution in [0.4, 0.5) is 0 Å². The predicted molar refractivity (Wildman–Crippen MR) is 409 cm³/mol. The molecule has 0 aliphatic rings. The van der Waals surface area contributed by atoms with E-state index in [1.807, 2.05) is 0 Å². The van der Waals surface area contributed by atoms with Crippen molar-refractivity contribution in [1.82, 2.24) is 0 Å². The molecule has 0 fully saturated rings. The molecule has 4 unspecified atom stereocenters. The smallest absolute Gasteiger partial charge is 0.462 e. The molecule has 0 saturated carbocycles. The lowest BCUT2D eigenvalue weighted by Crippen LogP contribution is -2.30. The third kappa shape index (κ3) is 73.0. The number of unbranched alkanes of at least 4 members (excludes halogenated alkanes) is 43. The van der Waals surface area contributed by atoms with Gasteiger partial charge in [-0.1, -0.05) is 364 Å². The van der Waals surface area contributed by atoms with Gasteiger partial charge in [-0.15, -0.1) is 0 Å². The first kappa shape index (κ1) is 98.1. The van der Waals surface area contributed by atoms with Crippen molar-refractivity contribution in [3.63, 3.8) is 0 Å². The minimum absolute atomic E-state index is 0.106. The summed E-state index contributed by atoms with van der Waals surface area (Å²) in [4.78, 5) is 73.0. The number of carbonyl (C=O) groups is 4. The van der Waals surface area contributed by atoms with Gasteiger partial charge in [0.05, 0.1) is 26.4 Å². The normalized spacial score (nSPS) is 14.3. The van der Waals surface area contributed by atoms with Crippen LogP contribution in [0.2, 0.25) is 0 Å². The summed E-state index contributed by atoms with van der Waals surface area (Å²) in [6.45, 7) is 14.3. The van der Waals surface area contributed by atoms with E-state index in [1.54, 1.807) is 0 Å². The van der Waals surface area contributed by atoms with Gasteiger partial charge in [0.1, 0.15) is 19.3 Å². The Morgan fingerprint density at radius 3 is 0.710 bits per heavy atom. The molecule has 0 rings (SSSR count). The monoisotopic (exact) mass is 1470 g/mol. The van der Waals surface area contributed by atoms with E-state index in [0.29, 0.717) is 25.7 Å². The quantitative estimate of drug-likeness (QED) is 0.0222. The van der Waals surface area contributed by atoms with Crippen molar-refractivity contribution < 1.29 is 80.2 Å². The molecule has 0 radical (unpaired) electrons. The van der Waals surface area contributed by atoms with Crippen LogP contribution >= 0.6 is 15.6 Å². The molecule has 3 N–H and O–H groups in total. The fourth-order valence-corrected chi connectivity index (χ4v) is 14.0. The van der Waals surface area contributed by atoms with E-state index in [-0.39, 0.29) is 25.7 Å². The molecule has 17 nitrogen and oxygen atoms in total. The summed E-state index contributed by atoms with van der Waals surface area (Å²) >= 11 is 0. The molecule has 594 valence electrons. The predicted octanol–water partition coefficient (Wildman–Crippen LogP) is 24.0. The van der Waals surface area contributed by atoms with Crippen LogP contribution in [0.15, 0.2) is 0 Å². The molecular formula is C81H158O17P2. The third-order valence-corrected chi connectivity index (χ3v) is 21.1. The first-order valence-electron chi connectivity index (χ1n) is 41.7. The molecule has 0 amide bonds. The van der Waals surface area contributed by atoms with Gasteiger partial charge in [0.15, 0.2) is 12.2 Å². The average molecular weight is 1470 g/mol. The Hall–Kier alpha value is -1.94. The van der Waals surface area contributed by atoms with Crippen molar-refractivity contribution in [3.05, 3.63) is 0 Å². The summed E-state index contributed by atoms with van der Waals surface area (Å²) in [6, 6.07) is 0. The Balaban J connectivity index is 5.24. The largest absolute Gasteiger partial charge is 0.472 e. The van der Waals surface area contributed by atoms with Gasteiger partial charge in [0.2, 0.25) is 0 Å². The van der Waals surface area contributed by atoms with E-state index in [2.05, 4.69) is 55.4 Å². The van der Waals surface area contributed by atoms with Gasteiger partial charge in [0.25, 0.3) is 0 Å². The van der Waals surface area contributed by atoms with Crippen molar-refractivity contribution in [1.29, 1.82) is 0 Å². The van der Waals surface area contributed by atoms with Crippen molar-refractivity contribution in [2.75, 3.05) is 39.6 Å². The molecule has 0 aromatic carbocycles. The summed E-state index contributed by atoms with van der Waals surface area (Å²) < 4.78 is 68.7. The number of ether oxygens (including phenoxy) is 4. The Labute approximate surface area is 613 Å². The third-order valence-electron chi connectivity index (χ3n) is 19.2. The second-order valence-corrected chi connectivity index (χ2v) is 33.7. The number of aliphatic hydroxyl groups excluding tert-OH is 1. The lowest BCUT2D eigenvalue weighted by molar-refractivity contribution is -0.161. The van der Waals surface area contributed by atoms with Gasteiger partial charge in [0, 0.05) is 25.7 Å².